The van der Waals surface area contributed by atoms with Gasteiger partial charge in [0.2, 0.25) is 0 Å². The lowest BCUT2D eigenvalue weighted by Crippen LogP contribution is -2.43. The molecule has 0 radical (unpaired) electrons. The molecule has 1 fully saturated rings. The standard InChI is InChI=1S/C20H17FN4O3/c1-11(12-4-2-5-13(21)8-12)25-20(27)14-10-17-15(9-16(14)22-23-25)19(26)24-7-3-6-18(24)28-17/h2,4-5,8-11,18H,3,6-7H2,1H3/t11-,18-/m1/s1. The van der Waals surface area contributed by atoms with Gasteiger partial charge in [-0.05, 0) is 43.2 Å². The van der Waals surface area contributed by atoms with Crippen molar-refractivity contribution in [1.82, 2.24) is 19.9 Å². The maximum Gasteiger partial charge on any atom is 0.278 e. The van der Waals surface area contributed by atoms with E-state index in [1.807, 2.05) is 0 Å². The quantitative estimate of drug-likeness (QED) is 0.683. The zero-order valence-corrected chi connectivity index (χ0v) is 15.1. The summed E-state index contributed by atoms with van der Waals surface area (Å²) in [7, 11) is 0. The summed E-state index contributed by atoms with van der Waals surface area (Å²) in [5.41, 5.74) is 0.979. The van der Waals surface area contributed by atoms with Crippen LogP contribution >= 0.6 is 0 Å². The van der Waals surface area contributed by atoms with Crippen LogP contribution in [0.3, 0.4) is 0 Å². The topological polar surface area (TPSA) is 77.3 Å². The molecule has 2 aliphatic heterocycles. The molecule has 1 saturated heterocycles. The van der Waals surface area contributed by atoms with Crippen molar-refractivity contribution in [2.45, 2.75) is 32.0 Å². The molecular weight excluding hydrogens is 363 g/mol. The van der Waals surface area contributed by atoms with Crippen molar-refractivity contribution in [1.29, 1.82) is 0 Å². The highest BCUT2D eigenvalue weighted by atomic mass is 19.1. The predicted octanol–water partition coefficient (Wildman–Crippen LogP) is 2.49. The fourth-order valence-corrected chi connectivity index (χ4v) is 3.90. The summed E-state index contributed by atoms with van der Waals surface area (Å²) in [6.07, 6.45) is 1.39. The van der Waals surface area contributed by atoms with Crippen LogP contribution in [0.15, 0.2) is 41.2 Å². The van der Waals surface area contributed by atoms with Gasteiger partial charge in [0.05, 0.1) is 17.0 Å². The Morgan fingerprint density at radius 3 is 2.93 bits per heavy atom. The predicted molar refractivity (Wildman–Crippen MR) is 98.7 cm³/mol. The highest BCUT2D eigenvalue weighted by Gasteiger charge is 2.37. The first-order valence-corrected chi connectivity index (χ1v) is 9.19. The first-order chi connectivity index (χ1) is 13.5. The zero-order chi connectivity index (χ0) is 19.4. The van der Waals surface area contributed by atoms with E-state index in [1.54, 1.807) is 36.1 Å². The van der Waals surface area contributed by atoms with E-state index in [0.717, 1.165) is 12.8 Å². The fourth-order valence-electron chi connectivity index (χ4n) is 3.90. The number of carbonyl (C=O) groups is 1. The van der Waals surface area contributed by atoms with E-state index in [1.165, 1.54) is 16.8 Å². The number of benzene rings is 2. The van der Waals surface area contributed by atoms with Gasteiger partial charge in [-0.15, -0.1) is 5.10 Å². The monoisotopic (exact) mass is 380 g/mol. The minimum absolute atomic E-state index is 0.107. The van der Waals surface area contributed by atoms with Crippen molar-refractivity contribution < 1.29 is 13.9 Å². The number of halogens is 1. The Kier molecular flexibility index (Phi) is 3.68. The minimum atomic E-state index is -0.496. The molecule has 2 aromatic carbocycles. The summed E-state index contributed by atoms with van der Waals surface area (Å²) >= 11 is 0. The number of hydrogen-bond donors (Lipinski definition) is 0. The smallest absolute Gasteiger partial charge is 0.278 e. The van der Waals surface area contributed by atoms with Crippen LogP contribution in [0.2, 0.25) is 0 Å². The molecule has 3 heterocycles. The van der Waals surface area contributed by atoms with Crippen molar-refractivity contribution in [2.24, 2.45) is 0 Å². The summed E-state index contributed by atoms with van der Waals surface area (Å²) in [5.74, 6) is -0.0892. The molecule has 0 N–H and O–H groups in total. The van der Waals surface area contributed by atoms with Crippen molar-refractivity contribution in [3.05, 3.63) is 63.7 Å². The largest absolute Gasteiger partial charge is 0.470 e. The van der Waals surface area contributed by atoms with Gasteiger partial charge in [-0.3, -0.25) is 9.59 Å². The molecule has 1 amide bonds. The maximum atomic E-state index is 13.6. The van der Waals surface area contributed by atoms with E-state index in [4.69, 9.17) is 4.74 Å². The molecule has 142 valence electrons. The third-order valence-corrected chi connectivity index (χ3v) is 5.44. The summed E-state index contributed by atoms with van der Waals surface area (Å²) in [4.78, 5) is 27.4. The van der Waals surface area contributed by atoms with Crippen LogP contribution in [0, 0.1) is 5.82 Å². The summed E-state index contributed by atoms with van der Waals surface area (Å²) < 4.78 is 20.7. The van der Waals surface area contributed by atoms with Crippen molar-refractivity contribution in [3.63, 3.8) is 0 Å². The van der Waals surface area contributed by atoms with Crippen LogP contribution in [0.4, 0.5) is 4.39 Å². The Morgan fingerprint density at radius 2 is 2.11 bits per heavy atom. The molecule has 5 rings (SSSR count). The van der Waals surface area contributed by atoms with Gasteiger partial charge < -0.3 is 9.64 Å². The van der Waals surface area contributed by atoms with Crippen LogP contribution in [0.25, 0.3) is 10.9 Å². The van der Waals surface area contributed by atoms with E-state index in [2.05, 4.69) is 10.3 Å². The van der Waals surface area contributed by atoms with Crippen molar-refractivity contribution in [3.8, 4) is 5.75 Å². The van der Waals surface area contributed by atoms with Crippen LogP contribution < -0.4 is 10.3 Å². The maximum absolute atomic E-state index is 13.6. The molecule has 0 unspecified atom stereocenters. The molecule has 7 nitrogen and oxygen atoms in total. The number of ether oxygens (including phenoxy) is 1. The summed E-state index contributed by atoms with van der Waals surface area (Å²) in [6.45, 7) is 2.42. The molecule has 28 heavy (non-hydrogen) atoms. The van der Waals surface area contributed by atoms with E-state index >= 15 is 0 Å². The lowest BCUT2D eigenvalue weighted by molar-refractivity contribution is 0.0295. The van der Waals surface area contributed by atoms with Gasteiger partial charge in [-0.1, -0.05) is 17.3 Å². The number of rotatable bonds is 2. The number of nitrogens with zero attached hydrogens (tertiary/aromatic N) is 4. The van der Waals surface area contributed by atoms with Gasteiger partial charge >= 0.3 is 0 Å². The first kappa shape index (κ1) is 16.9. The second kappa shape index (κ2) is 6.12. The van der Waals surface area contributed by atoms with E-state index in [0.29, 0.717) is 34.3 Å². The minimum Gasteiger partial charge on any atom is -0.470 e. The Hall–Kier alpha value is -3.29. The Bertz CT molecular complexity index is 1180. The molecule has 2 aliphatic rings. The Balaban J connectivity index is 1.62. The second-order valence-corrected chi connectivity index (χ2v) is 7.15. The first-order valence-electron chi connectivity index (χ1n) is 9.19. The zero-order valence-electron chi connectivity index (χ0n) is 15.1. The van der Waals surface area contributed by atoms with E-state index < -0.39 is 6.04 Å². The SMILES string of the molecule is C[C@H](c1cccc(F)c1)n1nnc2cc3c(cc2c1=O)O[C@@H]1CCCN1C3=O. The van der Waals surface area contributed by atoms with Gasteiger partial charge in [0.15, 0.2) is 6.23 Å². The van der Waals surface area contributed by atoms with E-state index in [-0.39, 0.29) is 23.5 Å². The molecule has 2 atom stereocenters. The average Bonchev–Trinajstić information content (AvgIpc) is 3.16. The highest BCUT2D eigenvalue weighted by Crippen LogP contribution is 2.34. The van der Waals surface area contributed by atoms with Gasteiger partial charge in [0, 0.05) is 13.0 Å². The fraction of sp³-hybridized carbons (Fsp3) is 0.300. The number of amides is 1. The van der Waals surface area contributed by atoms with Gasteiger partial charge in [-0.2, -0.15) is 0 Å². The third-order valence-electron chi connectivity index (χ3n) is 5.44. The highest BCUT2D eigenvalue weighted by molar-refractivity contribution is 6.01. The van der Waals surface area contributed by atoms with E-state index in [9.17, 15) is 14.0 Å². The van der Waals surface area contributed by atoms with Gasteiger partial charge in [0.25, 0.3) is 11.5 Å². The van der Waals surface area contributed by atoms with Crippen molar-refractivity contribution >= 4 is 16.8 Å². The molecule has 0 aliphatic carbocycles. The molecule has 0 spiro atoms. The number of fused-ring (bicyclic) bond motifs is 3. The summed E-state index contributed by atoms with van der Waals surface area (Å²) in [6, 6.07) is 8.67. The van der Waals surface area contributed by atoms with Crippen LogP contribution in [-0.4, -0.2) is 38.6 Å². The number of aromatic nitrogens is 3. The average molecular weight is 380 g/mol. The molecule has 0 saturated carbocycles. The molecule has 8 heteroatoms. The molecule has 3 aromatic rings. The number of hydrogen-bond acceptors (Lipinski definition) is 5. The third kappa shape index (κ3) is 2.48. The van der Waals surface area contributed by atoms with Crippen LogP contribution in [0.1, 0.15) is 41.7 Å². The lowest BCUT2D eigenvalue weighted by Gasteiger charge is -2.31. The van der Waals surface area contributed by atoms with Crippen LogP contribution in [0.5, 0.6) is 5.75 Å². The van der Waals surface area contributed by atoms with Crippen molar-refractivity contribution in [2.75, 3.05) is 6.54 Å². The Labute approximate surface area is 159 Å². The van der Waals surface area contributed by atoms with Crippen LogP contribution in [-0.2, 0) is 0 Å². The summed E-state index contributed by atoms with van der Waals surface area (Å²) in [5, 5.41) is 8.47. The lowest BCUT2D eigenvalue weighted by atomic mass is 10.1. The number of carbonyl (C=O) groups excluding carboxylic acids is 1. The molecule has 0 bridgehead atoms. The molecular formula is C20H17FN4O3. The Morgan fingerprint density at radius 1 is 1.25 bits per heavy atom. The second-order valence-electron chi connectivity index (χ2n) is 7.15. The normalized spacial score (nSPS) is 19.3. The van der Waals surface area contributed by atoms with Gasteiger partial charge in [0.1, 0.15) is 17.1 Å². The molecule has 1 aromatic heterocycles. The van der Waals surface area contributed by atoms with Gasteiger partial charge in [-0.25, -0.2) is 9.07 Å².